The molecule has 0 spiro atoms. The van der Waals surface area contributed by atoms with E-state index in [0.29, 0.717) is 26.4 Å². The fourth-order valence-corrected chi connectivity index (χ4v) is 4.60. The molecule has 0 fully saturated rings. The Morgan fingerprint density at radius 1 is 1.07 bits per heavy atom. The van der Waals surface area contributed by atoms with Gasteiger partial charge in [0.25, 0.3) is 0 Å². The molecule has 2 aliphatic rings. The maximum Gasteiger partial charge on any atom is 0.203 e. The highest BCUT2D eigenvalue weighted by atomic mass is 16.5. The fourth-order valence-electron chi connectivity index (χ4n) is 4.60. The van der Waals surface area contributed by atoms with E-state index < -0.39 is 0 Å². The number of fused-ring (bicyclic) bond motifs is 4. The molecule has 1 aromatic rings. The van der Waals surface area contributed by atoms with E-state index >= 15 is 0 Å². The van der Waals surface area contributed by atoms with Crippen LogP contribution in [0.5, 0.6) is 5.75 Å². The molecule has 2 aliphatic heterocycles. The maximum absolute atomic E-state index is 5.87. The summed E-state index contributed by atoms with van der Waals surface area (Å²) in [4.78, 5) is 9.16. The molecule has 7 nitrogen and oxygen atoms in total. The molecule has 1 N–H and O–H groups in total. The number of benzene rings is 1. The van der Waals surface area contributed by atoms with Crippen LogP contribution in [0.25, 0.3) is 0 Å². The Hall–Kier alpha value is -3.03. The monoisotopic (exact) mass is 552 g/mol. The summed E-state index contributed by atoms with van der Waals surface area (Å²) in [6.45, 7) is 20.7. The summed E-state index contributed by atoms with van der Waals surface area (Å²) < 4.78 is 17.4. The molecule has 1 aromatic carbocycles. The van der Waals surface area contributed by atoms with E-state index in [0.717, 1.165) is 35.1 Å². The van der Waals surface area contributed by atoms with Gasteiger partial charge in [0.1, 0.15) is 12.4 Å². The van der Waals surface area contributed by atoms with Crippen molar-refractivity contribution in [1.29, 1.82) is 0 Å². The predicted molar refractivity (Wildman–Crippen MR) is 169 cm³/mol. The van der Waals surface area contributed by atoms with Crippen molar-refractivity contribution >= 4 is 11.6 Å². The van der Waals surface area contributed by atoms with Crippen molar-refractivity contribution in [3.05, 3.63) is 72.2 Å². The van der Waals surface area contributed by atoms with Gasteiger partial charge in [-0.25, -0.2) is 4.99 Å². The molecule has 1 unspecified atom stereocenters. The van der Waals surface area contributed by atoms with Crippen LogP contribution in [0.4, 0.5) is 5.69 Å². The van der Waals surface area contributed by atoms with Crippen LogP contribution < -0.4 is 10.1 Å². The Kier molecular flexibility index (Phi) is 14.6. The molecule has 0 saturated heterocycles. The number of aliphatic imine (C=N–C) groups is 1. The Bertz CT molecular complexity index is 1030. The van der Waals surface area contributed by atoms with Gasteiger partial charge in [-0.05, 0) is 76.3 Å². The summed E-state index contributed by atoms with van der Waals surface area (Å²) in [5, 5.41) is 3.48. The molecule has 0 radical (unpaired) electrons. The SMILES string of the molecule is CCN(CC)CC.CCOc1ccc2cc1COC/C=C/CO/C(C)=C/C/C=C\C(C)(C)C1C=CN=C(N2)N1C. The van der Waals surface area contributed by atoms with E-state index in [2.05, 4.69) is 92.1 Å². The third kappa shape index (κ3) is 10.9. The summed E-state index contributed by atoms with van der Waals surface area (Å²) in [6.07, 6.45) is 15.4. The summed E-state index contributed by atoms with van der Waals surface area (Å²) >= 11 is 0. The average molecular weight is 553 g/mol. The lowest BCUT2D eigenvalue weighted by atomic mass is 9.82. The van der Waals surface area contributed by atoms with Crippen LogP contribution in [0.3, 0.4) is 0 Å². The van der Waals surface area contributed by atoms with Crippen molar-refractivity contribution in [1.82, 2.24) is 9.80 Å². The zero-order valence-corrected chi connectivity index (χ0v) is 26.1. The van der Waals surface area contributed by atoms with Gasteiger partial charge in [-0.3, -0.25) is 0 Å². The summed E-state index contributed by atoms with van der Waals surface area (Å²) in [6, 6.07) is 6.23. The first-order chi connectivity index (χ1) is 19.2. The van der Waals surface area contributed by atoms with Crippen LogP contribution in [0.2, 0.25) is 0 Å². The van der Waals surface area contributed by atoms with Gasteiger partial charge < -0.3 is 29.3 Å². The molecule has 0 aromatic heterocycles. The van der Waals surface area contributed by atoms with Gasteiger partial charge in [-0.2, -0.15) is 0 Å². The highest BCUT2D eigenvalue weighted by Gasteiger charge is 2.31. The van der Waals surface area contributed by atoms with Gasteiger partial charge >= 0.3 is 0 Å². The van der Waals surface area contributed by atoms with Crippen molar-refractivity contribution in [3.8, 4) is 5.75 Å². The lowest BCUT2D eigenvalue weighted by molar-refractivity contribution is 0.145. The van der Waals surface area contributed by atoms with Crippen molar-refractivity contribution in [2.75, 3.05) is 51.8 Å². The molecular formula is C33H52N4O3. The number of likely N-dealkylation sites (N-methyl/N-ethyl adjacent to an activating group) is 1. The van der Waals surface area contributed by atoms with E-state index in [4.69, 9.17) is 14.2 Å². The van der Waals surface area contributed by atoms with Crippen LogP contribution in [0, 0.1) is 5.41 Å². The number of hydrogen-bond acceptors (Lipinski definition) is 7. The Balaban J connectivity index is 0.000000708. The predicted octanol–water partition coefficient (Wildman–Crippen LogP) is 7.01. The maximum atomic E-state index is 5.87. The minimum atomic E-state index is -0.0852. The molecule has 4 bridgehead atoms. The van der Waals surface area contributed by atoms with Gasteiger partial charge in [0.15, 0.2) is 0 Å². The second kappa shape index (κ2) is 17.6. The molecule has 0 saturated carbocycles. The Morgan fingerprint density at radius 2 is 1.80 bits per heavy atom. The van der Waals surface area contributed by atoms with Crippen molar-refractivity contribution in [2.24, 2.45) is 10.4 Å². The first-order valence-corrected chi connectivity index (χ1v) is 14.7. The zero-order valence-electron chi connectivity index (χ0n) is 26.1. The molecule has 7 heteroatoms. The third-order valence-corrected chi connectivity index (χ3v) is 7.07. The minimum Gasteiger partial charge on any atom is -0.495 e. The lowest BCUT2D eigenvalue weighted by Gasteiger charge is -2.40. The number of guanidine groups is 1. The topological polar surface area (TPSA) is 58.6 Å². The largest absolute Gasteiger partial charge is 0.495 e. The van der Waals surface area contributed by atoms with Gasteiger partial charge in [0.2, 0.25) is 5.96 Å². The molecular weight excluding hydrogens is 500 g/mol. The summed E-state index contributed by atoms with van der Waals surface area (Å²) in [5.74, 6) is 2.56. The van der Waals surface area contributed by atoms with E-state index in [-0.39, 0.29) is 11.5 Å². The molecule has 3 rings (SSSR count). The van der Waals surface area contributed by atoms with Gasteiger partial charge in [0, 0.05) is 29.9 Å². The first-order valence-electron chi connectivity index (χ1n) is 14.7. The smallest absolute Gasteiger partial charge is 0.203 e. The number of nitrogens with one attached hydrogen (secondary N) is 1. The molecule has 222 valence electrons. The number of hydrogen-bond donors (Lipinski definition) is 1. The highest BCUT2D eigenvalue weighted by molar-refractivity contribution is 5.95. The molecule has 1 atom stereocenters. The minimum absolute atomic E-state index is 0.0852. The molecule has 2 heterocycles. The standard InChI is InChI=1S/C27H37N3O3.C6H15N/c1-6-32-24-13-12-23-19-22(24)20-31-17-9-10-18-33-21(2)11-7-8-15-27(3,4)25-14-16-28-26(29-23)30(25)5;1-4-7(5-2)6-3/h8-16,19,25H,6-7,17-18,20H2,1-5H3,(H,28,29);4-6H2,1-3H3/b10-9+,15-8-,21-11+;. The van der Waals surface area contributed by atoms with Crippen LogP contribution >= 0.6 is 0 Å². The van der Waals surface area contributed by atoms with Crippen LogP contribution in [0.15, 0.2) is 71.6 Å². The third-order valence-electron chi connectivity index (χ3n) is 7.07. The molecule has 40 heavy (non-hydrogen) atoms. The van der Waals surface area contributed by atoms with E-state index in [1.807, 2.05) is 44.3 Å². The number of anilines is 1. The normalized spacial score (nSPS) is 22.3. The highest BCUT2D eigenvalue weighted by Crippen LogP contribution is 2.31. The Morgan fingerprint density at radius 3 is 2.48 bits per heavy atom. The zero-order chi connectivity index (χ0) is 29.4. The van der Waals surface area contributed by atoms with Crippen molar-refractivity contribution in [3.63, 3.8) is 0 Å². The molecule has 0 aliphatic carbocycles. The summed E-state index contributed by atoms with van der Waals surface area (Å²) in [7, 11) is 2.07. The summed E-state index contributed by atoms with van der Waals surface area (Å²) in [5.41, 5.74) is 1.86. The second-order valence-electron chi connectivity index (χ2n) is 10.4. The van der Waals surface area contributed by atoms with E-state index in [9.17, 15) is 0 Å². The number of nitrogens with zero attached hydrogens (tertiary/aromatic N) is 3. The molecule has 0 amide bonds. The van der Waals surface area contributed by atoms with Gasteiger partial charge in [-0.1, -0.05) is 52.8 Å². The van der Waals surface area contributed by atoms with Crippen molar-refractivity contribution in [2.45, 2.75) is 67.5 Å². The average Bonchev–Trinajstić information content (AvgIpc) is 2.94. The number of allylic oxidation sites excluding steroid dienone is 3. The fraction of sp³-hybridized carbons (Fsp3) is 0.545. The van der Waals surface area contributed by atoms with Crippen LogP contribution in [-0.4, -0.2) is 68.3 Å². The first kappa shape index (κ1) is 33.2. The second-order valence-corrected chi connectivity index (χ2v) is 10.4. The Labute approximate surface area is 243 Å². The van der Waals surface area contributed by atoms with Crippen LogP contribution in [-0.2, 0) is 16.1 Å². The van der Waals surface area contributed by atoms with Gasteiger partial charge in [0.05, 0.1) is 31.6 Å². The van der Waals surface area contributed by atoms with Crippen LogP contribution in [0.1, 0.15) is 60.5 Å². The number of rotatable bonds is 5. The van der Waals surface area contributed by atoms with Crippen molar-refractivity contribution < 1.29 is 14.2 Å². The lowest BCUT2D eigenvalue weighted by Crippen LogP contribution is -2.48. The van der Waals surface area contributed by atoms with Gasteiger partial charge in [-0.15, -0.1) is 0 Å². The quantitative estimate of drug-likeness (QED) is 0.397. The van der Waals surface area contributed by atoms with E-state index in [1.54, 1.807) is 0 Å². The number of ether oxygens (including phenoxy) is 3. The van der Waals surface area contributed by atoms with E-state index in [1.165, 1.54) is 19.6 Å².